The fourth-order valence-corrected chi connectivity index (χ4v) is 5.27. The number of benzene rings is 1. The Bertz CT molecular complexity index is 556. The van der Waals surface area contributed by atoms with Crippen molar-refractivity contribution in [1.29, 1.82) is 0 Å². The highest BCUT2D eigenvalue weighted by atomic mass is 79.9. The highest BCUT2D eigenvalue weighted by molar-refractivity contribution is 9.10. The zero-order valence-corrected chi connectivity index (χ0v) is 13.2. The Kier molecular flexibility index (Phi) is 4.26. The van der Waals surface area contributed by atoms with Gasteiger partial charge in [0.25, 0.3) is 0 Å². The van der Waals surface area contributed by atoms with Crippen molar-refractivity contribution in [3.63, 3.8) is 0 Å². The maximum absolute atomic E-state index is 12.4. The number of hydrogen-bond acceptors (Lipinski definition) is 3. The van der Waals surface area contributed by atoms with E-state index in [2.05, 4.69) is 15.9 Å². The maximum atomic E-state index is 12.4. The van der Waals surface area contributed by atoms with E-state index in [0.717, 1.165) is 0 Å². The summed E-state index contributed by atoms with van der Waals surface area (Å²) < 4.78 is 26.8. The summed E-state index contributed by atoms with van der Waals surface area (Å²) in [6.45, 7) is 0.692. The molecule has 0 saturated carbocycles. The van der Waals surface area contributed by atoms with E-state index in [1.165, 1.54) is 16.4 Å². The maximum Gasteiger partial charge on any atom is 0.246 e. The lowest BCUT2D eigenvalue weighted by Crippen LogP contribution is -2.32. The zero-order valence-electron chi connectivity index (χ0n) is 9.24. The first-order chi connectivity index (χ1) is 8.32. The molecule has 1 fully saturated rings. The summed E-state index contributed by atoms with van der Waals surface area (Å²) in [6, 6.07) is 2.89. The van der Waals surface area contributed by atoms with Gasteiger partial charge in [0.1, 0.15) is 4.90 Å². The van der Waals surface area contributed by atoms with Gasteiger partial charge in [-0.05, 0) is 18.6 Å². The lowest BCUT2D eigenvalue weighted by atomic mass is 10.3. The van der Waals surface area contributed by atoms with Crippen molar-refractivity contribution >= 4 is 49.2 Å². The molecule has 1 aromatic rings. The molecular formula is C10H11BrCl2N2O2S. The summed E-state index contributed by atoms with van der Waals surface area (Å²) in [5, 5.41) is 0.213. The Morgan fingerprint density at radius 3 is 2.33 bits per heavy atom. The molecular weight excluding hydrogens is 363 g/mol. The fraction of sp³-hybridized carbons (Fsp3) is 0.400. The second kappa shape index (κ2) is 5.26. The lowest BCUT2D eigenvalue weighted by molar-refractivity contribution is 0.472. The van der Waals surface area contributed by atoms with E-state index in [-0.39, 0.29) is 21.0 Å². The molecule has 4 nitrogen and oxygen atoms in total. The minimum atomic E-state index is -3.68. The van der Waals surface area contributed by atoms with Gasteiger partial charge in [-0.25, -0.2) is 8.42 Å². The van der Waals surface area contributed by atoms with Gasteiger partial charge < -0.3 is 5.73 Å². The molecule has 2 rings (SSSR count). The predicted molar refractivity (Wildman–Crippen MR) is 75.5 cm³/mol. The van der Waals surface area contributed by atoms with Crippen LogP contribution in [0.1, 0.15) is 6.42 Å². The first-order valence-electron chi connectivity index (χ1n) is 5.22. The number of sulfonamides is 1. The van der Waals surface area contributed by atoms with E-state index in [0.29, 0.717) is 24.0 Å². The zero-order chi connectivity index (χ0) is 13.5. The number of halogens is 3. The van der Waals surface area contributed by atoms with E-state index in [9.17, 15) is 8.42 Å². The van der Waals surface area contributed by atoms with Gasteiger partial charge in [-0.3, -0.25) is 0 Å². The molecule has 1 heterocycles. The van der Waals surface area contributed by atoms with Crippen molar-refractivity contribution in [1.82, 2.24) is 4.31 Å². The largest absolute Gasteiger partial charge is 0.326 e. The fourth-order valence-electron chi connectivity index (χ4n) is 1.88. The Labute approximate surface area is 124 Å². The smallest absolute Gasteiger partial charge is 0.246 e. The van der Waals surface area contributed by atoms with Crippen LogP contribution in [0.25, 0.3) is 0 Å². The molecule has 1 saturated heterocycles. The van der Waals surface area contributed by atoms with Crippen molar-refractivity contribution in [2.24, 2.45) is 5.73 Å². The van der Waals surface area contributed by atoms with Crippen LogP contribution in [0.4, 0.5) is 0 Å². The molecule has 2 N–H and O–H groups in total. The first-order valence-corrected chi connectivity index (χ1v) is 8.21. The molecule has 100 valence electrons. The van der Waals surface area contributed by atoms with Crippen molar-refractivity contribution < 1.29 is 8.42 Å². The molecule has 0 radical (unpaired) electrons. The molecule has 1 aliphatic rings. The average Bonchev–Trinajstić information content (AvgIpc) is 2.63. The third-order valence-corrected chi connectivity index (χ3v) is 5.99. The van der Waals surface area contributed by atoms with E-state index < -0.39 is 10.0 Å². The third-order valence-electron chi connectivity index (χ3n) is 2.75. The highest BCUT2D eigenvalue weighted by Gasteiger charge is 2.34. The monoisotopic (exact) mass is 372 g/mol. The molecule has 8 heteroatoms. The number of nitrogens with zero attached hydrogens (tertiary/aromatic N) is 1. The van der Waals surface area contributed by atoms with Crippen molar-refractivity contribution in [2.45, 2.75) is 17.4 Å². The average molecular weight is 374 g/mol. The molecule has 1 atom stereocenters. The van der Waals surface area contributed by atoms with Gasteiger partial charge in [-0.2, -0.15) is 4.31 Å². The normalized spacial score (nSPS) is 21.4. The topological polar surface area (TPSA) is 63.4 Å². The molecule has 0 aliphatic carbocycles. The highest BCUT2D eigenvalue weighted by Crippen LogP contribution is 2.35. The van der Waals surface area contributed by atoms with Gasteiger partial charge in [-0.1, -0.05) is 39.1 Å². The summed E-state index contributed by atoms with van der Waals surface area (Å²) in [5.41, 5.74) is 5.72. The Balaban J connectivity index is 2.48. The first kappa shape index (κ1) is 14.6. The van der Waals surface area contributed by atoms with E-state index in [4.69, 9.17) is 28.9 Å². The second-order valence-corrected chi connectivity index (χ2v) is 7.72. The van der Waals surface area contributed by atoms with Crippen LogP contribution in [-0.2, 0) is 10.0 Å². The Morgan fingerprint density at radius 1 is 1.33 bits per heavy atom. The molecule has 0 spiro atoms. The number of nitrogens with two attached hydrogens (primary N) is 1. The Morgan fingerprint density at radius 2 is 1.89 bits per heavy atom. The van der Waals surface area contributed by atoms with Crippen LogP contribution in [0, 0.1) is 0 Å². The van der Waals surface area contributed by atoms with Crippen LogP contribution in [0.5, 0.6) is 0 Å². The van der Waals surface area contributed by atoms with Crippen molar-refractivity contribution in [2.75, 3.05) is 13.1 Å². The van der Waals surface area contributed by atoms with Crippen molar-refractivity contribution in [3.05, 3.63) is 26.7 Å². The lowest BCUT2D eigenvalue weighted by Gasteiger charge is -2.18. The standard InChI is InChI=1S/C10H11BrCl2N2O2S/c11-6-3-8(12)10(9(13)4-6)18(16,17)15-2-1-7(14)5-15/h3-4,7H,1-2,5,14H2/t7-/m0/s1. The van der Waals surface area contributed by atoms with Gasteiger partial charge in [-0.15, -0.1) is 0 Å². The van der Waals surface area contributed by atoms with Crippen LogP contribution in [0.3, 0.4) is 0 Å². The summed E-state index contributed by atoms with van der Waals surface area (Å²) in [5.74, 6) is 0. The van der Waals surface area contributed by atoms with Gasteiger partial charge in [0.2, 0.25) is 10.0 Å². The minimum absolute atomic E-state index is 0.0527. The van der Waals surface area contributed by atoms with Gasteiger partial charge in [0, 0.05) is 23.6 Å². The van der Waals surface area contributed by atoms with E-state index in [1.54, 1.807) is 0 Å². The minimum Gasteiger partial charge on any atom is -0.326 e. The molecule has 1 aromatic carbocycles. The Hall–Kier alpha value is 0.150. The van der Waals surface area contributed by atoms with E-state index >= 15 is 0 Å². The van der Waals surface area contributed by atoms with E-state index in [1.807, 2.05) is 0 Å². The molecule has 1 aliphatic heterocycles. The molecule has 0 unspecified atom stereocenters. The van der Waals surface area contributed by atoms with Crippen LogP contribution in [0.15, 0.2) is 21.5 Å². The summed E-state index contributed by atoms with van der Waals surface area (Å²) in [4.78, 5) is -0.0527. The van der Waals surface area contributed by atoms with Crippen LogP contribution >= 0.6 is 39.1 Å². The summed E-state index contributed by atoms with van der Waals surface area (Å²) >= 11 is 15.2. The van der Waals surface area contributed by atoms with Crippen LogP contribution in [0.2, 0.25) is 10.0 Å². The second-order valence-electron chi connectivity index (χ2n) is 4.11. The van der Waals surface area contributed by atoms with Crippen LogP contribution < -0.4 is 5.73 Å². The quantitative estimate of drug-likeness (QED) is 0.866. The van der Waals surface area contributed by atoms with Gasteiger partial charge in [0.15, 0.2) is 0 Å². The van der Waals surface area contributed by atoms with Gasteiger partial charge in [0.05, 0.1) is 10.0 Å². The van der Waals surface area contributed by atoms with Crippen LogP contribution in [-0.4, -0.2) is 31.9 Å². The van der Waals surface area contributed by atoms with Crippen molar-refractivity contribution in [3.8, 4) is 0 Å². The SMILES string of the molecule is N[C@H]1CCN(S(=O)(=O)c2c(Cl)cc(Br)cc2Cl)C1. The third kappa shape index (κ3) is 2.69. The number of hydrogen-bond donors (Lipinski definition) is 1. The molecule has 0 aromatic heterocycles. The number of rotatable bonds is 2. The molecule has 18 heavy (non-hydrogen) atoms. The summed E-state index contributed by atoms with van der Waals surface area (Å²) in [6.07, 6.45) is 0.644. The predicted octanol–water partition coefficient (Wildman–Crippen LogP) is 2.48. The molecule has 0 bridgehead atoms. The summed E-state index contributed by atoms with van der Waals surface area (Å²) in [7, 11) is -3.68. The molecule has 0 amide bonds. The van der Waals surface area contributed by atoms with Gasteiger partial charge >= 0.3 is 0 Å².